The summed E-state index contributed by atoms with van der Waals surface area (Å²) in [5, 5.41) is 1.19. The third-order valence-corrected chi connectivity index (χ3v) is 9.25. The first kappa shape index (κ1) is 20.2. The van der Waals surface area contributed by atoms with E-state index in [2.05, 4.69) is 53.6 Å². The molecule has 0 spiro atoms. The molecule has 0 unspecified atom stereocenters. The van der Waals surface area contributed by atoms with Crippen LogP contribution in [0.25, 0.3) is 10.9 Å². The van der Waals surface area contributed by atoms with E-state index in [0.717, 1.165) is 31.4 Å². The van der Waals surface area contributed by atoms with E-state index < -0.39 is 0 Å². The molecule has 1 fully saturated rings. The number of piperidine rings is 1. The number of hydrogen-bond acceptors (Lipinski definition) is 5. The van der Waals surface area contributed by atoms with E-state index in [-0.39, 0.29) is 11.9 Å². The van der Waals surface area contributed by atoms with Gasteiger partial charge in [-0.1, -0.05) is 31.5 Å². The zero-order valence-corrected chi connectivity index (χ0v) is 18.7. The van der Waals surface area contributed by atoms with Crippen molar-refractivity contribution in [1.29, 1.82) is 0 Å². The van der Waals surface area contributed by atoms with Crippen molar-refractivity contribution in [2.75, 3.05) is 32.7 Å². The summed E-state index contributed by atoms with van der Waals surface area (Å²) < 4.78 is 5.87. The molecule has 4 rings (SSSR count). The van der Waals surface area contributed by atoms with Crippen molar-refractivity contribution in [1.82, 2.24) is 9.88 Å². The average molecular weight is 419 g/mol. The normalized spacial score (nSPS) is 27.2. The van der Waals surface area contributed by atoms with Gasteiger partial charge in [-0.3, -0.25) is 9.69 Å². The van der Waals surface area contributed by atoms with Crippen LogP contribution in [0.5, 0.6) is 0 Å². The maximum Gasteiger partial charge on any atom is 0.313 e. The van der Waals surface area contributed by atoms with Crippen LogP contribution in [0.1, 0.15) is 43.0 Å². The minimum absolute atomic E-state index is 0.0764. The van der Waals surface area contributed by atoms with Crippen molar-refractivity contribution in [3.05, 3.63) is 35.5 Å². The number of carbonyl (C=O) groups is 1. The number of carbonyl (C=O) groups excluding carboxylic acids is 1. The van der Waals surface area contributed by atoms with Crippen LogP contribution in [-0.4, -0.2) is 53.1 Å². The molecule has 1 N–H and O–H groups in total. The highest BCUT2D eigenvalue weighted by molar-refractivity contribution is 8.16. The number of hydrogen-bond donors (Lipinski definition) is 1. The first-order valence-corrected chi connectivity index (χ1v) is 12.7. The van der Waals surface area contributed by atoms with Crippen molar-refractivity contribution in [3.8, 4) is 0 Å². The van der Waals surface area contributed by atoms with E-state index in [1.54, 1.807) is 0 Å². The zero-order chi connectivity index (χ0) is 19.8. The first-order chi connectivity index (χ1) is 13.6. The predicted molar refractivity (Wildman–Crippen MR) is 120 cm³/mol. The SMILES string of the molecule is CC[C@@H]1CN(CC(SC)SC)[C@H]2C[C@@H]1[C@H](C(=O)OC)c1c2[nH]c2ccccc12. The summed E-state index contributed by atoms with van der Waals surface area (Å²) in [5.41, 5.74) is 3.56. The number of H-pyrrole nitrogens is 1. The zero-order valence-electron chi connectivity index (χ0n) is 17.1. The molecule has 6 heteroatoms. The van der Waals surface area contributed by atoms with Crippen LogP contribution in [0.3, 0.4) is 0 Å². The highest BCUT2D eigenvalue weighted by atomic mass is 32.2. The molecule has 4 nitrogen and oxygen atoms in total. The lowest BCUT2D eigenvalue weighted by atomic mass is 9.65. The Labute approximate surface area is 176 Å². The van der Waals surface area contributed by atoms with Gasteiger partial charge in [0.2, 0.25) is 0 Å². The van der Waals surface area contributed by atoms with Crippen molar-refractivity contribution in [2.24, 2.45) is 11.8 Å². The van der Waals surface area contributed by atoms with Crippen LogP contribution >= 0.6 is 23.5 Å². The Morgan fingerprint density at radius 2 is 2.07 bits per heavy atom. The molecule has 1 aliphatic carbocycles. The third-order valence-electron chi connectivity index (χ3n) is 6.75. The molecule has 28 heavy (non-hydrogen) atoms. The van der Waals surface area contributed by atoms with Crippen LogP contribution in [0.4, 0.5) is 0 Å². The molecule has 4 atom stereocenters. The van der Waals surface area contributed by atoms with Gasteiger partial charge in [0.05, 0.1) is 23.7 Å². The number of rotatable bonds is 6. The average Bonchev–Trinajstić information content (AvgIpc) is 3.12. The molecule has 1 aromatic carbocycles. The van der Waals surface area contributed by atoms with E-state index in [4.69, 9.17) is 4.74 Å². The molecule has 2 bridgehead atoms. The first-order valence-electron chi connectivity index (χ1n) is 10.1. The fourth-order valence-electron chi connectivity index (χ4n) is 5.36. The third kappa shape index (κ3) is 3.27. The summed E-state index contributed by atoms with van der Waals surface area (Å²) in [6, 6.07) is 8.77. The minimum Gasteiger partial charge on any atom is -0.469 e. The number of ether oxygens (including phenoxy) is 1. The van der Waals surface area contributed by atoms with E-state index in [1.807, 2.05) is 23.5 Å². The van der Waals surface area contributed by atoms with Gasteiger partial charge in [-0.05, 0) is 42.4 Å². The number of nitrogens with zero attached hydrogens (tertiary/aromatic N) is 1. The van der Waals surface area contributed by atoms with Gasteiger partial charge in [0.25, 0.3) is 0 Å². The lowest BCUT2D eigenvalue weighted by Gasteiger charge is -2.50. The number of para-hydroxylation sites is 1. The fourth-order valence-corrected chi connectivity index (χ4v) is 6.81. The summed E-state index contributed by atoms with van der Waals surface area (Å²) in [5.74, 6) is 0.641. The Kier molecular flexibility index (Phi) is 6.00. The van der Waals surface area contributed by atoms with Gasteiger partial charge in [0.15, 0.2) is 0 Å². The van der Waals surface area contributed by atoms with Gasteiger partial charge in [-0.15, -0.1) is 23.5 Å². The molecule has 1 aromatic heterocycles. The Morgan fingerprint density at radius 3 is 2.75 bits per heavy atom. The van der Waals surface area contributed by atoms with Crippen LogP contribution in [0.15, 0.2) is 24.3 Å². The van der Waals surface area contributed by atoms with Crippen molar-refractivity contribution >= 4 is 40.4 Å². The molecule has 1 aliphatic heterocycles. The van der Waals surface area contributed by atoms with Gasteiger partial charge in [0, 0.05) is 29.7 Å². The Morgan fingerprint density at radius 1 is 1.32 bits per heavy atom. The second-order valence-corrected chi connectivity index (χ2v) is 10.3. The maximum atomic E-state index is 12.9. The molecule has 2 aliphatic rings. The van der Waals surface area contributed by atoms with Crippen LogP contribution in [0, 0.1) is 11.8 Å². The predicted octanol–water partition coefficient (Wildman–Crippen LogP) is 4.88. The van der Waals surface area contributed by atoms with E-state index in [0.29, 0.717) is 22.5 Å². The number of likely N-dealkylation sites (tertiary alicyclic amines) is 1. The summed E-state index contributed by atoms with van der Waals surface area (Å²) in [6.45, 7) is 4.41. The van der Waals surface area contributed by atoms with Crippen LogP contribution in [-0.2, 0) is 9.53 Å². The number of methoxy groups -OCH3 is 1. The highest BCUT2D eigenvalue weighted by Crippen LogP contribution is 2.53. The molecule has 1 saturated heterocycles. The second kappa shape index (κ2) is 8.33. The number of aromatic amines is 1. The minimum atomic E-state index is -0.156. The molecule has 2 aromatic rings. The summed E-state index contributed by atoms with van der Waals surface area (Å²) in [6.07, 6.45) is 6.54. The largest absolute Gasteiger partial charge is 0.469 e. The second-order valence-electron chi connectivity index (χ2n) is 7.94. The molecule has 152 valence electrons. The Hall–Kier alpha value is -1.11. The lowest BCUT2D eigenvalue weighted by Crippen LogP contribution is -2.50. The Bertz CT molecular complexity index is 848. The molecule has 0 radical (unpaired) electrons. The molecular formula is C22H30N2O2S2. The van der Waals surface area contributed by atoms with Gasteiger partial charge in [-0.25, -0.2) is 0 Å². The van der Waals surface area contributed by atoms with Crippen LogP contribution in [0.2, 0.25) is 0 Å². The van der Waals surface area contributed by atoms with Gasteiger partial charge >= 0.3 is 5.97 Å². The molecule has 2 heterocycles. The standard InChI is InChI=1S/C22H30N2O2S2/c1-5-13-11-24(12-18(27-3)28-4)17-10-15(13)20(22(25)26-2)19-14-8-6-7-9-16(14)23-21(17)19/h6-9,13,15,17-18,20,23H,5,10-12H2,1-4H3/t13-,15+,17+,20+/m1/s1. The number of fused-ring (bicyclic) bond motifs is 6. The number of aromatic nitrogens is 1. The van der Waals surface area contributed by atoms with Crippen molar-refractivity contribution in [3.63, 3.8) is 0 Å². The smallest absolute Gasteiger partial charge is 0.313 e. The lowest BCUT2D eigenvalue weighted by molar-refractivity contribution is -0.146. The van der Waals surface area contributed by atoms with E-state index >= 15 is 0 Å². The molecule has 0 saturated carbocycles. The Balaban J connectivity index is 1.84. The molecule has 0 amide bonds. The van der Waals surface area contributed by atoms with Gasteiger partial charge in [0.1, 0.15) is 0 Å². The highest BCUT2D eigenvalue weighted by Gasteiger charge is 2.49. The summed E-state index contributed by atoms with van der Waals surface area (Å²) >= 11 is 3.87. The van der Waals surface area contributed by atoms with E-state index in [9.17, 15) is 4.79 Å². The quantitative estimate of drug-likeness (QED) is 0.535. The van der Waals surface area contributed by atoms with E-state index in [1.165, 1.54) is 23.8 Å². The molecular weight excluding hydrogens is 388 g/mol. The van der Waals surface area contributed by atoms with Gasteiger partial charge in [-0.2, -0.15) is 0 Å². The summed E-state index contributed by atoms with van der Waals surface area (Å²) in [7, 11) is 1.53. The fraction of sp³-hybridized carbons (Fsp3) is 0.591. The summed E-state index contributed by atoms with van der Waals surface area (Å²) in [4.78, 5) is 19.3. The topological polar surface area (TPSA) is 45.3 Å². The monoisotopic (exact) mass is 418 g/mol. The van der Waals surface area contributed by atoms with Crippen molar-refractivity contribution in [2.45, 2.75) is 36.3 Å². The van der Waals surface area contributed by atoms with Crippen LogP contribution < -0.4 is 0 Å². The van der Waals surface area contributed by atoms with Crippen molar-refractivity contribution < 1.29 is 9.53 Å². The maximum absolute atomic E-state index is 12.9. The number of esters is 1. The number of benzene rings is 1. The number of thioether (sulfide) groups is 2. The number of nitrogens with one attached hydrogen (secondary N) is 1. The van der Waals surface area contributed by atoms with Gasteiger partial charge < -0.3 is 9.72 Å².